The first-order chi connectivity index (χ1) is 20.6. The molecular weight excluding hydrogens is 507 g/mol. The van der Waals surface area contributed by atoms with Crippen LogP contribution in [0.2, 0.25) is 0 Å². The van der Waals surface area contributed by atoms with Gasteiger partial charge in [0.05, 0.1) is 0 Å². The lowest BCUT2D eigenvalue weighted by molar-refractivity contribution is 0.795. The third-order valence-electron chi connectivity index (χ3n) is 7.84. The highest BCUT2D eigenvalue weighted by molar-refractivity contribution is 6.32. The van der Waals surface area contributed by atoms with E-state index in [0.29, 0.717) is 0 Å². The first-order valence-corrected chi connectivity index (χ1v) is 15.4. The fourth-order valence-electron chi connectivity index (χ4n) is 5.35. The largest absolute Gasteiger partial charge is 0.311 e. The molecule has 2 nitrogen and oxygen atoms in total. The van der Waals surface area contributed by atoms with Crippen LogP contribution in [0.5, 0.6) is 0 Å². The molecule has 5 rings (SSSR count). The van der Waals surface area contributed by atoms with Crippen LogP contribution in [0, 0.1) is 6.92 Å². The molecule has 0 aliphatic rings. The van der Waals surface area contributed by atoms with E-state index in [1.165, 1.54) is 42.4 Å². The van der Waals surface area contributed by atoms with Gasteiger partial charge >= 0.3 is 0 Å². The van der Waals surface area contributed by atoms with Crippen LogP contribution >= 0.6 is 0 Å². The molecule has 0 fully saturated rings. The molecular formula is C39H41BN2. The maximum absolute atomic E-state index is 6.05. The van der Waals surface area contributed by atoms with Gasteiger partial charge in [0.15, 0.2) is 0 Å². The number of rotatable bonds is 12. The van der Waals surface area contributed by atoms with Gasteiger partial charge in [-0.2, -0.15) is 0 Å². The molecule has 42 heavy (non-hydrogen) atoms. The second-order valence-corrected chi connectivity index (χ2v) is 11.2. The van der Waals surface area contributed by atoms with Crippen molar-refractivity contribution in [2.75, 3.05) is 9.80 Å². The van der Waals surface area contributed by atoms with Gasteiger partial charge in [-0.3, -0.25) is 0 Å². The topological polar surface area (TPSA) is 6.48 Å². The van der Waals surface area contributed by atoms with Gasteiger partial charge in [0.2, 0.25) is 0 Å². The standard InChI is InChI=1S/C39H41BN2/c1-4-6-8-31-12-20-35(21-13-31)41(34-18-10-30(3)11-19-34)38-26-28-39(29-27-38)42(37-24-16-33(40)17-25-37)36-22-14-32(15-23-36)9-7-5-2/h10-29H,4-9H2,1-3H3. The van der Waals surface area contributed by atoms with E-state index in [4.69, 9.17) is 7.85 Å². The first-order valence-electron chi connectivity index (χ1n) is 15.4. The Hall–Kier alpha value is -4.24. The molecule has 0 saturated heterocycles. The first kappa shape index (κ1) is 29.3. The zero-order valence-corrected chi connectivity index (χ0v) is 25.3. The summed E-state index contributed by atoms with van der Waals surface area (Å²) < 4.78 is 0. The summed E-state index contributed by atoms with van der Waals surface area (Å²) in [7, 11) is 6.05. The Morgan fingerprint density at radius 1 is 0.429 bits per heavy atom. The van der Waals surface area contributed by atoms with Crippen LogP contribution in [0.15, 0.2) is 121 Å². The van der Waals surface area contributed by atoms with E-state index < -0.39 is 0 Å². The van der Waals surface area contributed by atoms with Gasteiger partial charge < -0.3 is 9.80 Å². The molecule has 3 heteroatoms. The Labute approximate surface area is 254 Å². The molecule has 5 aromatic carbocycles. The molecule has 0 aromatic heterocycles. The lowest BCUT2D eigenvalue weighted by Crippen LogP contribution is -2.13. The number of aryl methyl sites for hydroxylation is 3. The highest BCUT2D eigenvalue weighted by Crippen LogP contribution is 2.39. The Morgan fingerprint density at radius 2 is 0.714 bits per heavy atom. The summed E-state index contributed by atoms with van der Waals surface area (Å²) in [6, 6.07) is 43.8. The highest BCUT2D eigenvalue weighted by Gasteiger charge is 2.16. The average Bonchev–Trinajstić information content (AvgIpc) is 3.03. The Bertz CT molecular complexity index is 1400. The van der Waals surface area contributed by atoms with E-state index in [1.807, 2.05) is 12.1 Å². The van der Waals surface area contributed by atoms with E-state index in [0.717, 1.165) is 52.4 Å². The van der Waals surface area contributed by atoms with Gasteiger partial charge in [-0.1, -0.05) is 86.2 Å². The second kappa shape index (κ2) is 14.1. The lowest BCUT2D eigenvalue weighted by atomic mass is 9.96. The van der Waals surface area contributed by atoms with Gasteiger partial charge in [0, 0.05) is 34.1 Å². The molecule has 0 amide bonds. The van der Waals surface area contributed by atoms with Crippen LogP contribution in [0.3, 0.4) is 0 Å². The fraction of sp³-hybridized carbons (Fsp3) is 0.231. The van der Waals surface area contributed by atoms with Crippen molar-refractivity contribution in [3.63, 3.8) is 0 Å². The summed E-state index contributed by atoms with van der Waals surface area (Å²) in [6.07, 6.45) is 7.07. The molecule has 0 spiro atoms. The fourth-order valence-corrected chi connectivity index (χ4v) is 5.35. The molecule has 210 valence electrons. The maximum Gasteiger partial charge on any atom is 0.113 e. The van der Waals surface area contributed by atoms with Crippen LogP contribution in [0.1, 0.15) is 56.2 Å². The van der Waals surface area contributed by atoms with E-state index in [-0.39, 0.29) is 0 Å². The molecule has 0 saturated carbocycles. The summed E-state index contributed by atoms with van der Waals surface area (Å²) in [6.45, 7) is 6.62. The molecule has 0 bridgehead atoms. The minimum Gasteiger partial charge on any atom is -0.311 e. The van der Waals surface area contributed by atoms with Gasteiger partial charge in [0.1, 0.15) is 7.85 Å². The van der Waals surface area contributed by atoms with Crippen LogP contribution in [0.4, 0.5) is 34.1 Å². The van der Waals surface area contributed by atoms with Crippen LogP contribution in [-0.2, 0) is 12.8 Å². The number of anilines is 6. The van der Waals surface area contributed by atoms with Crippen molar-refractivity contribution < 1.29 is 0 Å². The summed E-state index contributed by atoms with van der Waals surface area (Å²) in [5, 5.41) is 0. The van der Waals surface area contributed by atoms with Crippen molar-refractivity contribution in [2.45, 2.75) is 59.3 Å². The van der Waals surface area contributed by atoms with E-state index >= 15 is 0 Å². The van der Waals surface area contributed by atoms with E-state index in [2.05, 4.69) is 140 Å². The van der Waals surface area contributed by atoms with Crippen molar-refractivity contribution in [3.05, 3.63) is 138 Å². The Kier molecular flexibility index (Phi) is 9.82. The predicted molar refractivity (Wildman–Crippen MR) is 183 cm³/mol. The van der Waals surface area contributed by atoms with Gasteiger partial charge in [0.25, 0.3) is 0 Å². The molecule has 0 heterocycles. The van der Waals surface area contributed by atoms with Crippen molar-refractivity contribution in [1.29, 1.82) is 0 Å². The minimum atomic E-state index is 0.762. The maximum atomic E-state index is 6.05. The Morgan fingerprint density at radius 3 is 1.05 bits per heavy atom. The summed E-state index contributed by atoms with van der Waals surface area (Å²) in [5.41, 5.74) is 11.5. The molecule has 0 unspecified atom stereocenters. The Balaban J connectivity index is 1.51. The van der Waals surface area contributed by atoms with Crippen molar-refractivity contribution in [2.24, 2.45) is 0 Å². The summed E-state index contributed by atoms with van der Waals surface area (Å²) in [5.74, 6) is 0. The zero-order chi connectivity index (χ0) is 29.3. The minimum absolute atomic E-state index is 0.762. The number of hydrogen-bond acceptors (Lipinski definition) is 2. The lowest BCUT2D eigenvalue weighted by Gasteiger charge is -2.28. The molecule has 0 N–H and O–H groups in total. The number of nitrogens with zero attached hydrogens (tertiary/aromatic N) is 2. The number of hydrogen-bond donors (Lipinski definition) is 0. The second-order valence-electron chi connectivity index (χ2n) is 11.2. The molecule has 5 aromatic rings. The predicted octanol–water partition coefficient (Wildman–Crippen LogP) is 10.4. The smallest absolute Gasteiger partial charge is 0.113 e. The van der Waals surface area contributed by atoms with Crippen molar-refractivity contribution >= 4 is 47.4 Å². The molecule has 0 aliphatic carbocycles. The third kappa shape index (κ3) is 7.15. The third-order valence-corrected chi connectivity index (χ3v) is 7.84. The summed E-state index contributed by atoms with van der Waals surface area (Å²) in [4.78, 5) is 4.63. The van der Waals surface area contributed by atoms with Crippen LogP contribution in [-0.4, -0.2) is 7.85 Å². The molecule has 0 aliphatic heterocycles. The summed E-state index contributed by atoms with van der Waals surface area (Å²) >= 11 is 0. The van der Waals surface area contributed by atoms with Crippen molar-refractivity contribution in [1.82, 2.24) is 0 Å². The average molecular weight is 549 g/mol. The quantitative estimate of drug-likeness (QED) is 0.143. The molecule has 0 atom stereocenters. The number of unbranched alkanes of at least 4 members (excludes halogenated alkanes) is 2. The normalized spacial score (nSPS) is 10.9. The monoisotopic (exact) mass is 548 g/mol. The van der Waals surface area contributed by atoms with Crippen molar-refractivity contribution in [3.8, 4) is 0 Å². The van der Waals surface area contributed by atoms with E-state index in [9.17, 15) is 0 Å². The van der Waals surface area contributed by atoms with Crippen LogP contribution < -0.4 is 15.3 Å². The van der Waals surface area contributed by atoms with Crippen LogP contribution in [0.25, 0.3) is 0 Å². The molecule has 2 radical (unpaired) electrons. The number of benzene rings is 5. The van der Waals surface area contributed by atoms with Gasteiger partial charge in [-0.15, -0.1) is 0 Å². The highest BCUT2D eigenvalue weighted by atomic mass is 15.2. The zero-order valence-electron chi connectivity index (χ0n) is 25.3. The van der Waals surface area contributed by atoms with Gasteiger partial charge in [-0.05, 0) is 117 Å². The SMILES string of the molecule is [B]c1ccc(N(c2ccc(CCCC)cc2)c2ccc(N(c3ccc(C)cc3)c3ccc(CCCC)cc3)cc2)cc1. The van der Waals surface area contributed by atoms with Gasteiger partial charge in [-0.25, -0.2) is 0 Å². The van der Waals surface area contributed by atoms with E-state index in [1.54, 1.807) is 0 Å².